The maximum atomic E-state index is 11.1. The second-order valence-corrected chi connectivity index (χ2v) is 3.82. The van der Waals surface area contributed by atoms with Crippen LogP contribution in [0.2, 0.25) is 0 Å². The molecule has 0 radical (unpaired) electrons. The summed E-state index contributed by atoms with van der Waals surface area (Å²) < 4.78 is 9.76. The van der Waals surface area contributed by atoms with Crippen LogP contribution in [0.1, 0.15) is 39.0 Å². The Kier molecular flexibility index (Phi) is 10.3. The van der Waals surface area contributed by atoms with Gasteiger partial charge in [0.25, 0.3) is 0 Å². The molecule has 0 unspecified atom stereocenters. The van der Waals surface area contributed by atoms with Crippen molar-refractivity contribution in [2.24, 2.45) is 0 Å². The molecule has 0 fully saturated rings. The van der Waals surface area contributed by atoms with Crippen LogP contribution < -0.4 is 0 Å². The maximum Gasteiger partial charge on any atom is 0.306 e. The molecule has 0 aliphatic carbocycles. The Bertz CT molecular complexity index is 184. The van der Waals surface area contributed by atoms with Crippen LogP contribution in [-0.4, -0.2) is 30.9 Å². The van der Waals surface area contributed by atoms with Gasteiger partial charge in [-0.15, -0.1) is 0 Å². The van der Waals surface area contributed by atoms with Gasteiger partial charge in [-0.05, 0) is 18.6 Å². The van der Waals surface area contributed by atoms with Crippen LogP contribution in [0.15, 0.2) is 0 Å². The van der Waals surface area contributed by atoms with Gasteiger partial charge in [0.15, 0.2) is 0 Å². The van der Waals surface area contributed by atoms with E-state index in [0.29, 0.717) is 19.0 Å². The predicted octanol–water partition coefficient (Wildman–Crippen LogP) is 1.97. The molecule has 4 nitrogen and oxygen atoms in total. The molecule has 0 aliphatic rings. The molecular formula is C11H20O4S. The molecule has 0 aromatic heterocycles. The van der Waals surface area contributed by atoms with E-state index in [1.165, 1.54) is 0 Å². The highest BCUT2D eigenvalue weighted by Crippen LogP contribution is 1.98. The Morgan fingerprint density at radius 2 is 1.50 bits per heavy atom. The standard InChI is InChI=1S/C11H20O4S/c1-2-3-7-14-10(12)5-6-11(13)15-8-4-9-16/h16H,2-9H2,1H3. The Balaban J connectivity index is 3.40. The number of esters is 2. The highest BCUT2D eigenvalue weighted by atomic mass is 32.1. The quantitative estimate of drug-likeness (QED) is 0.385. The normalized spacial score (nSPS) is 9.88. The summed E-state index contributed by atoms with van der Waals surface area (Å²) in [6.07, 6.45) is 2.77. The Hall–Kier alpha value is -0.710. The lowest BCUT2D eigenvalue weighted by molar-refractivity contribution is -0.150. The fourth-order valence-electron chi connectivity index (χ4n) is 0.929. The second kappa shape index (κ2) is 10.8. The van der Waals surface area contributed by atoms with E-state index >= 15 is 0 Å². The molecule has 94 valence electrons. The fourth-order valence-corrected chi connectivity index (χ4v) is 1.06. The van der Waals surface area contributed by atoms with Gasteiger partial charge in [0.2, 0.25) is 0 Å². The summed E-state index contributed by atoms with van der Waals surface area (Å²) in [5.74, 6) is 0.000567. The smallest absolute Gasteiger partial charge is 0.306 e. The zero-order valence-corrected chi connectivity index (χ0v) is 10.6. The maximum absolute atomic E-state index is 11.1. The molecule has 0 atom stereocenters. The lowest BCUT2D eigenvalue weighted by atomic mass is 10.3. The average Bonchev–Trinajstić information content (AvgIpc) is 2.27. The SMILES string of the molecule is CCCCOC(=O)CCC(=O)OCCCS. The first-order valence-corrected chi connectivity index (χ1v) is 6.26. The van der Waals surface area contributed by atoms with Crippen molar-refractivity contribution >= 4 is 24.6 Å². The molecule has 0 aromatic rings. The number of hydrogen-bond donors (Lipinski definition) is 1. The van der Waals surface area contributed by atoms with Gasteiger partial charge in [0, 0.05) is 0 Å². The molecule has 0 amide bonds. The van der Waals surface area contributed by atoms with Crippen molar-refractivity contribution in [2.75, 3.05) is 19.0 Å². The van der Waals surface area contributed by atoms with E-state index in [1.807, 2.05) is 6.92 Å². The second-order valence-electron chi connectivity index (χ2n) is 3.37. The van der Waals surface area contributed by atoms with Crippen molar-refractivity contribution in [1.29, 1.82) is 0 Å². The first-order valence-electron chi connectivity index (χ1n) is 5.62. The number of ether oxygens (including phenoxy) is 2. The van der Waals surface area contributed by atoms with Gasteiger partial charge in [0.05, 0.1) is 26.1 Å². The van der Waals surface area contributed by atoms with Crippen molar-refractivity contribution < 1.29 is 19.1 Å². The molecule has 16 heavy (non-hydrogen) atoms. The molecule has 0 rings (SSSR count). The first-order chi connectivity index (χ1) is 7.70. The van der Waals surface area contributed by atoms with E-state index in [0.717, 1.165) is 19.3 Å². The first kappa shape index (κ1) is 15.3. The van der Waals surface area contributed by atoms with Gasteiger partial charge in [-0.3, -0.25) is 9.59 Å². The monoisotopic (exact) mass is 248 g/mol. The van der Waals surface area contributed by atoms with Crippen LogP contribution >= 0.6 is 12.6 Å². The summed E-state index contributed by atoms with van der Waals surface area (Å²) in [5, 5.41) is 0. The summed E-state index contributed by atoms with van der Waals surface area (Å²) in [4.78, 5) is 22.2. The summed E-state index contributed by atoms with van der Waals surface area (Å²) in [5.41, 5.74) is 0. The Labute approximate surface area is 102 Å². The zero-order chi connectivity index (χ0) is 12.2. The van der Waals surface area contributed by atoms with Gasteiger partial charge < -0.3 is 9.47 Å². The van der Waals surface area contributed by atoms with E-state index in [1.54, 1.807) is 0 Å². The van der Waals surface area contributed by atoms with Crippen molar-refractivity contribution in [3.05, 3.63) is 0 Å². The van der Waals surface area contributed by atoms with Crippen LogP contribution in [0, 0.1) is 0 Å². The van der Waals surface area contributed by atoms with Crippen LogP contribution in [-0.2, 0) is 19.1 Å². The lowest BCUT2D eigenvalue weighted by Crippen LogP contribution is -2.11. The summed E-state index contributed by atoms with van der Waals surface area (Å²) in [6, 6.07) is 0. The van der Waals surface area contributed by atoms with Crippen LogP contribution in [0.25, 0.3) is 0 Å². The molecule has 0 aromatic carbocycles. The third-order valence-corrected chi connectivity index (χ3v) is 2.18. The minimum atomic E-state index is -0.353. The van der Waals surface area contributed by atoms with E-state index in [-0.39, 0.29) is 24.8 Å². The van der Waals surface area contributed by atoms with E-state index < -0.39 is 0 Å². The minimum Gasteiger partial charge on any atom is -0.466 e. The molecular weight excluding hydrogens is 228 g/mol. The van der Waals surface area contributed by atoms with Gasteiger partial charge in [-0.25, -0.2) is 0 Å². The summed E-state index contributed by atoms with van der Waals surface area (Å²) in [7, 11) is 0. The molecule has 0 N–H and O–H groups in total. The van der Waals surface area contributed by atoms with Gasteiger partial charge in [-0.2, -0.15) is 12.6 Å². The summed E-state index contributed by atoms with van der Waals surface area (Å²) in [6.45, 7) is 2.82. The molecule has 0 spiro atoms. The highest BCUT2D eigenvalue weighted by molar-refractivity contribution is 7.80. The summed E-state index contributed by atoms with van der Waals surface area (Å²) >= 11 is 3.99. The van der Waals surface area contributed by atoms with Crippen molar-refractivity contribution in [1.82, 2.24) is 0 Å². The Morgan fingerprint density at radius 1 is 1.00 bits per heavy atom. The van der Waals surface area contributed by atoms with Crippen molar-refractivity contribution in [2.45, 2.75) is 39.0 Å². The number of thiol groups is 1. The van der Waals surface area contributed by atoms with Crippen LogP contribution in [0.5, 0.6) is 0 Å². The van der Waals surface area contributed by atoms with Crippen molar-refractivity contribution in [3.63, 3.8) is 0 Å². The third kappa shape index (κ3) is 9.83. The number of rotatable bonds is 9. The van der Waals surface area contributed by atoms with Crippen LogP contribution in [0.3, 0.4) is 0 Å². The zero-order valence-electron chi connectivity index (χ0n) is 9.74. The Morgan fingerprint density at radius 3 is 1.94 bits per heavy atom. The number of hydrogen-bond acceptors (Lipinski definition) is 5. The third-order valence-electron chi connectivity index (χ3n) is 1.86. The number of carbonyl (C=O) groups excluding carboxylic acids is 2. The van der Waals surface area contributed by atoms with Crippen molar-refractivity contribution in [3.8, 4) is 0 Å². The van der Waals surface area contributed by atoms with Gasteiger partial charge in [0.1, 0.15) is 0 Å². The van der Waals surface area contributed by atoms with Gasteiger partial charge >= 0.3 is 11.9 Å². The van der Waals surface area contributed by atoms with Crippen LogP contribution in [0.4, 0.5) is 0 Å². The lowest BCUT2D eigenvalue weighted by Gasteiger charge is -2.04. The number of unbranched alkanes of at least 4 members (excludes halogenated alkanes) is 1. The molecule has 0 bridgehead atoms. The predicted molar refractivity (Wildman–Crippen MR) is 64.5 cm³/mol. The number of carbonyl (C=O) groups is 2. The minimum absolute atomic E-state index is 0.0948. The molecule has 0 aliphatic heterocycles. The molecule has 0 heterocycles. The molecule has 0 saturated carbocycles. The van der Waals surface area contributed by atoms with E-state index in [2.05, 4.69) is 12.6 Å². The van der Waals surface area contributed by atoms with E-state index in [9.17, 15) is 9.59 Å². The topological polar surface area (TPSA) is 52.6 Å². The molecule has 0 saturated heterocycles. The highest BCUT2D eigenvalue weighted by Gasteiger charge is 2.08. The van der Waals surface area contributed by atoms with E-state index in [4.69, 9.17) is 9.47 Å². The fraction of sp³-hybridized carbons (Fsp3) is 0.818. The molecule has 5 heteroatoms. The van der Waals surface area contributed by atoms with Gasteiger partial charge in [-0.1, -0.05) is 13.3 Å². The average molecular weight is 248 g/mol. The largest absolute Gasteiger partial charge is 0.466 e.